The van der Waals surface area contributed by atoms with Gasteiger partial charge in [-0.2, -0.15) is 5.26 Å². The largest absolute Gasteiger partial charge is 0.444 e. The van der Waals surface area contributed by atoms with E-state index in [4.69, 9.17) is 21.6 Å². The molecule has 0 aliphatic carbocycles. The molecule has 5 nitrogen and oxygen atoms in total. The first-order chi connectivity index (χ1) is 13.7. The van der Waals surface area contributed by atoms with Crippen molar-refractivity contribution in [3.8, 4) is 17.2 Å². The Kier molecular flexibility index (Phi) is 6.46. The zero-order valence-corrected chi connectivity index (χ0v) is 17.8. The van der Waals surface area contributed by atoms with Crippen LogP contribution < -0.4 is 5.32 Å². The summed E-state index contributed by atoms with van der Waals surface area (Å²) in [5.74, 6) is 0. The maximum Gasteiger partial charge on any atom is 0.407 e. The molecule has 0 saturated carbocycles. The van der Waals surface area contributed by atoms with Crippen molar-refractivity contribution >= 4 is 17.7 Å². The molecule has 1 saturated heterocycles. The van der Waals surface area contributed by atoms with E-state index < -0.39 is 5.60 Å². The highest BCUT2D eigenvalue weighted by Crippen LogP contribution is 2.30. The highest BCUT2D eigenvalue weighted by Gasteiger charge is 2.26. The Balaban J connectivity index is 1.62. The van der Waals surface area contributed by atoms with Crippen molar-refractivity contribution < 1.29 is 9.53 Å². The molecular formula is C23H26ClN3O2. The van der Waals surface area contributed by atoms with Crippen LogP contribution in [0, 0.1) is 11.3 Å². The number of carbonyl (C=O) groups is 1. The first kappa shape index (κ1) is 21.2. The van der Waals surface area contributed by atoms with Gasteiger partial charge in [-0.3, -0.25) is 4.90 Å². The topological polar surface area (TPSA) is 65.4 Å². The Labute approximate surface area is 177 Å². The van der Waals surface area contributed by atoms with E-state index >= 15 is 0 Å². The molecule has 0 unspecified atom stereocenters. The van der Waals surface area contributed by atoms with E-state index in [0.717, 1.165) is 42.7 Å². The summed E-state index contributed by atoms with van der Waals surface area (Å²) in [6.07, 6.45) is 0.536. The maximum atomic E-state index is 12.0. The van der Waals surface area contributed by atoms with Gasteiger partial charge >= 0.3 is 6.09 Å². The Morgan fingerprint density at radius 3 is 2.66 bits per heavy atom. The molecule has 0 radical (unpaired) electrons. The number of amides is 1. The van der Waals surface area contributed by atoms with Crippen LogP contribution >= 0.6 is 11.6 Å². The van der Waals surface area contributed by atoms with Crippen LogP contribution in [-0.4, -0.2) is 35.7 Å². The lowest BCUT2D eigenvalue weighted by Gasteiger charge is -2.22. The third-order valence-corrected chi connectivity index (χ3v) is 5.08. The van der Waals surface area contributed by atoms with Gasteiger partial charge in [0.05, 0.1) is 11.6 Å². The number of hydrogen-bond acceptors (Lipinski definition) is 4. The number of alkyl carbamates (subject to hydrolysis) is 1. The minimum absolute atomic E-state index is 0.0927. The van der Waals surface area contributed by atoms with Crippen molar-refractivity contribution in [2.24, 2.45) is 0 Å². The summed E-state index contributed by atoms with van der Waals surface area (Å²) < 4.78 is 5.34. The van der Waals surface area contributed by atoms with E-state index in [0.29, 0.717) is 10.6 Å². The minimum atomic E-state index is -0.493. The van der Waals surface area contributed by atoms with Crippen molar-refractivity contribution in [1.82, 2.24) is 10.2 Å². The molecule has 152 valence electrons. The lowest BCUT2D eigenvalue weighted by atomic mass is 10.0. The van der Waals surface area contributed by atoms with Crippen LogP contribution in [0.2, 0.25) is 5.02 Å². The highest BCUT2D eigenvalue weighted by molar-refractivity contribution is 6.33. The summed E-state index contributed by atoms with van der Waals surface area (Å²) in [4.78, 5) is 14.3. The molecule has 0 bridgehead atoms. The fourth-order valence-electron chi connectivity index (χ4n) is 3.44. The van der Waals surface area contributed by atoms with Gasteiger partial charge < -0.3 is 10.1 Å². The normalized spacial score (nSPS) is 17.0. The molecule has 2 aromatic carbocycles. The van der Waals surface area contributed by atoms with E-state index in [1.54, 1.807) is 12.1 Å². The zero-order valence-electron chi connectivity index (χ0n) is 17.0. The number of nitrogens with zero attached hydrogens (tertiary/aromatic N) is 2. The number of likely N-dealkylation sites (tertiary alicyclic amines) is 1. The highest BCUT2D eigenvalue weighted by atomic mass is 35.5. The monoisotopic (exact) mass is 411 g/mol. The summed E-state index contributed by atoms with van der Waals surface area (Å²) in [5.41, 5.74) is 3.24. The molecular weight excluding hydrogens is 386 g/mol. The van der Waals surface area contributed by atoms with E-state index in [1.165, 1.54) is 0 Å². The van der Waals surface area contributed by atoms with Gasteiger partial charge in [-0.15, -0.1) is 0 Å². The standard InChI is InChI=1S/C23H26ClN3O2/c1-23(2,3)29-22(28)26-19-10-11-27(15-19)14-17-6-9-21(24)20(12-17)18-7-4-16(13-25)5-8-18/h4-9,12,19H,10-11,14-15H2,1-3H3,(H,26,28)/t19-/m0/s1. The average molecular weight is 412 g/mol. The summed E-state index contributed by atoms with van der Waals surface area (Å²) in [6.45, 7) is 8.06. The van der Waals surface area contributed by atoms with Crippen LogP contribution in [-0.2, 0) is 11.3 Å². The van der Waals surface area contributed by atoms with Gasteiger partial charge in [-0.05, 0) is 62.6 Å². The van der Waals surface area contributed by atoms with Crippen LogP contribution in [0.15, 0.2) is 42.5 Å². The number of halogens is 1. The number of rotatable bonds is 4. The van der Waals surface area contributed by atoms with Crippen molar-refractivity contribution in [3.05, 3.63) is 58.6 Å². The fraction of sp³-hybridized carbons (Fsp3) is 0.391. The maximum absolute atomic E-state index is 12.0. The van der Waals surface area contributed by atoms with Crippen LogP contribution in [0.25, 0.3) is 11.1 Å². The third-order valence-electron chi connectivity index (χ3n) is 4.76. The lowest BCUT2D eigenvalue weighted by molar-refractivity contribution is 0.0505. The molecule has 1 N–H and O–H groups in total. The number of carbonyl (C=O) groups excluding carboxylic acids is 1. The van der Waals surface area contributed by atoms with E-state index in [1.807, 2.05) is 45.0 Å². The van der Waals surface area contributed by atoms with Gasteiger partial charge in [0, 0.05) is 36.3 Å². The predicted octanol–water partition coefficient (Wildman–Crippen LogP) is 4.98. The predicted molar refractivity (Wildman–Crippen MR) is 115 cm³/mol. The van der Waals surface area contributed by atoms with Gasteiger partial charge in [0.2, 0.25) is 0 Å². The fourth-order valence-corrected chi connectivity index (χ4v) is 3.67. The second-order valence-corrected chi connectivity index (χ2v) is 8.78. The molecule has 29 heavy (non-hydrogen) atoms. The first-order valence-corrected chi connectivity index (χ1v) is 10.1. The van der Waals surface area contributed by atoms with Crippen molar-refractivity contribution in [2.45, 2.75) is 45.4 Å². The van der Waals surface area contributed by atoms with Gasteiger partial charge in [-0.25, -0.2) is 4.79 Å². The van der Waals surface area contributed by atoms with E-state index in [-0.39, 0.29) is 12.1 Å². The van der Waals surface area contributed by atoms with Gasteiger partial charge in [0.15, 0.2) is 0 Å². The first-order valence-electron chi connectivity index (χ1n) is 9.74. The zero-order chi connectivity index (χ0) is 21.0. The third kappa shape index (κ3) is 5.96. The van der Waals surface area contributed by atoms with Crippen molar-refractivity contribution in [2.75, 3.05) is 13.1 Å². The lowest BCUT2D eigenvalue weighted by Crippen LogP contribution is -2.40. The number of nitriles is 1. The summed E-state index contributed by atoms with van der Waals surface area (Å²) in [5, 5.41) is 12.6. The van der Waals surface area contributed by atoms with E-state index in [2.05, 4.69) is 22.4 Å². The van der Waals surface area contributed by atoms with Crippen LogP contribution in [0.3, 0.4) is 0 Å². The number of benzene rings is 2. The summed E-state index contributed by atoms with van der Waals surface area (Å²) in [7, 11) is 0. The second kappa shape index (κ2) is 8.86. The van der Waals surface area contributed by atoms with Gasteiger partial charge in [0.1, 0.15) is 5.60 Å². The minimum Gasteiger partial charge on any atom is -0.444 e. The van der Waals surface area contributed by atoms with Crippen molar-refractivity contribution in [1.29, 1.82) is 5.26 Å². The Morgan fingerprint density at radius 2 is 2.00 bits per heavy atom. The molecule has 6 heteroatoms. The van der Waals surface area contributed by atoms with Crippen LogP contribution in [0.4, 0.5) is 4.79 Å². The number of ether oxygens (including phenoxy) is 1. The molecule has 0 spiro atoms. The van der Waals surface area contributed by atoms with Crippen molar-refractivity contribution in [3.63, 3.8) is 0 Å². The van der Waals surface area contributed by atoms with Crippen LogP contribution in [0.1, 0.15) is 38.3 Å². The smallest absolute Gasteiger partial charge is 0.407 e. The molecule has 1 amide bonds. The summed E-state index contributed by atoms with van der Waals surface area (Å²) in [6, 6.07) is 15.7. The van der Waals surface area contributed by atoms with Gasteiger partial charge in [-0.1, -0.05) is 29.8 Å². The second-order valence-electron chi connectivity index (χ2n) is 8.37. The summed E-state index contributed by atoms with van der Waals surface area (Å²) >= 11 is 6.41. The van der Waals surface area contributed by atoms with Gasteiger partial charge in [0.25, 0.3) is 0 Å². The molecule has 2 aromatic rings. The molecule has 0 aromatic heterocycles. The Bertz CT molecular complexity index is 913. The molecule has 1 aliphatic heterocycles. The molecule has 1 heterocycles. The number of nitrogens with one attached hydrogen (secondary N) is 1. The Morgan fingerprint density at radius 1 is 1.28 bits per heavy atom. The SMILES string of the molecule is CC(C)(C)OC(=O)N[C@H]1CCN(Cc2ccc(Cl)c(-c3ccc(C#N)cc3)c2)C1. The van der Waals surface area contributed by atoms with E-state index in [9.17, 15) is 4.79 Å². The molecule has 1 fully saturated rings. The van der Waals surface area contributed by atoms with Crippen LogP contribution in [0.5, 0.6) is 0 Å². The average Bonchev–Trinajstić information content (AvgIpc) is 3.08. The molecule has 1 aliphatic rings. The Hall–Kier alpha value is -2.55. The quantitative estimate of drug-likeness (QED) is 0.770. The number of hydrogen-bond donors (Lipinski definition) is 1. The molecule has 1 atom stereocenters. The molecule has 3 rings (SSSR count).